The second kappa shape index (κ2) is 8.41. The fourth-order valence-corrected chi connectivity index (χ4v) is 4.32. The van der Waals surface area contributed by atoms with Gasteiger partial charge in [0, 0.05) is 11.2 Å². The average Bonchev–Trinajstić information content (AvgIpc) is 2.70. The van der Waals surface area contributed by atoms with Crippen molar-refractivity contribution in [3.05, 3.63) is 83.6 Å². The summed E-state index contributed by atoms with van der Waals surface area (Å²) in [5, 5.41) is 3.07. The number of carbonyl (C=O) groups is 1. The van der Waals surface area contributed by atoms with Crippen molar-refractivity contribution in [3.8, 4) is 0 Å². The zero-order valence-corrected chi connectivity index (χ0v) is 16.6. The van der Waals surface area contributed by atoms with E-state index in [2.05, 4.69) is 10.3 Å². The van der Waals surface area contributed by atoms with Gasteiger partial charge in [-0.15, -0.1) is 0 Å². The quantitative estimate of drug-likeness (QED) is 0.662. The Balaban J connectivity index is 2.00. The van der Waals surface area contributed by atoms with Gasteiger partial charge < -0.3 is 5.32 Å². The largest absolute Gasteiger partial charge is 0.323 e. The van der Waals surface area contributed by atoms with Gasteiger partial charge >= 0.3 is 0 Å². The summed E-state index contributed by atoms with van der Waals surface area (Å²) >= 11 is 6.19. The Labute approximate surface area is 168 Å². The SMILES string of the molecule is Cc1c(Cl)cccc1N(CC(=O)Nc1cccnc1)S(=O)(=O)c1ccccc1. The summed E-state index contributed by atoms with van der Waals surface area (Å²) in [7, 11) is -3.98. The van der Waals surface area contributed by atoms with Gasteiger partial charge in [0.15, 0.2) is 0 Å². The molecule has 1 heterocycles. The Morgan fingerprint density at radius 1 is 1.07 bits per heavy atom. The smallest absolute Gasteiger partial charge is 0.264 e. The lowest BCUT2D eigenvalue weighted by atomic mass is 10.2. The molecule has 0 unspecified atom stereocenters. The first-order valence-electron chi connectivity index (χ1n) is 8.42. The summed E-state index contributed by atoms with van der Waals surface area (Å²) in [5.74, 6) is -0.494. The molecular weight excluding hydrogens is 398 g/mol. The molecule has 1 aromatic heterocycles. The van der Waals surface area contributed by atoms with E-state index < -0.39 is 22.5 Å². The Morgan fingerprint density at radius 2 is 1.82 bits per heavy atom. The molecule has 8 heteroatoms. The van der Waals surface area contributed by atoms with E-state index >= 15 is 0 Å². The number of rotatable bonds is 6. The highest BCUT2D eigenvalue weighted by atomic mass is 35.5. The number of hydrogen-bond acceptors (Lipinski definition) is 4. The number of carbonyl (C=O) groups excluding carboxylic acids is 1. The van der Waals surface area contributed by atoms with E-state index in [0.29, 0.717) is 22.0 Å². The summed E-state index contributed by atoms with van der Waals surface area (Å²) in [5.41, 5.74) is 1.39. The van der Waals surface area contributed by atoms with Crippen LogP contribution in [0.4, 0.5) is 11.4 Å². The maximum absolute atomic E-state index is 13.3. The molecule has 3 rings (SSSR count). The number of amides is 1. The molecule has 0 fully saturated rings. The van der Waals surface area contributed by atoms with E-state index in [4.69, 9.17) is 11.6 Å². The first kappa shape index (κ1) is 19.9. The van der Waals surface area contributed by atoms with E-state index in [1.54, 1.807) is 61.7 Å². The minimum absolute atomic E-state index is 0.0866. The number of aromatic nitrogens is 1. The van der Waals surface area contributed by atoms with Crippen molar-refractivity contribution >= 4 is 38.9 Å². The topological polar surface area (TPSA) is 79.4 Å². The molecule has 3 aromatic rings. The first-order chi connectivity index (χ1) is 13.4. The number of benzene rings is 2. The highest BCUT2D eigenvalue weighted by molar-refractivity contribution is 7.92. The van der Waals surface area contributed by atoms with E-state index in [0.717, 1.165) is 4.31 Å². The third-order valence-electron chi connectivity index (χ3n) is 4.07. The number of hydrogen-bond donors (Lipinski definition) is 1. The molecular formula is C20H18ClN3O3S. The van der Waals surface area contributed by atoms with Gasteiger partial charge in [0.05, 0.1) is 22.5 Å². The lowest BCUT2D eigenvalue weighted by molar-refractivity contribution is -0.114. The maximum Gasteiger partial charge on any atom is 0.264 e. The molecule has 0 atom stereocenters. The van der Waals surface area contributed by atoms with Gasteiger partial charge in [0.2, 0.25) is 5.91 Å². The van der Waals surface area contributed by atoms with Crippen LogP contribution in [0.15, 0.2) is 78.0 Å². The molecule has 144 valence electrons. The van der Waals surface area contributed by atoms with Gasteiger partial charge in [0.1, 0.15) is 6.54 Å². The van der Waals surface area contributed by atoms with Crippen LogP contribution in [0.3, 0.4) is 0 Å². The molecule has 6 nitrogen and oxygen atoms in total. The highest BCUT2D eigenvalue weighted by Gasteiger charge is 2.28. The zero-order chi connectivity index (χ0) is 20.1. The van der Waals surface area contributed by atoms with Gasteiger partial charge in [-0.2, -0.15) is 0 Å². The van der Waals surface area contributed by atoms with Gasteiger partial charge in [0.25, 0.3) is 10.0 Å². The minimum atomic E-state index is -3.98. The summed E-state index contributed by atoms with van der Waals surface area (Å²) in [4.78, 5) is 16.6. The average molecular weight is 416 g/mol. The molecule has 0 saturated heterocycles. The molecule has 1 amide bonds. The number of anilines is 2. The van der Waals surface area contributed by atoms with Crippen LogP contribution in [0.1, 0.15) is 5.56 Å². The number of nitrogens with one attached hydrogen (secondary N) is 1. The molecule has 0 spiro atoms. The number of nitrogens with zero attached hydrogens (tertiary/aromatic N) is 2. The van der Waals surface area contributed by atoms with Crippen molar-refractivity contribution < 1.29 is 13.2 Å². The number of pyridine rings is 1. The fourth-order valence-electron chi connectivity index (χ4n) is 2.65. The molecule has 0 aliphatic heterocycles. The van der Waals surface area contributed by atoms with E-state index in [1.165, 1.54) is 18.3 Å². The lowest BCUT2D eigenvalue weighted by Crippen LogP contribution is -2.38. The standard InChI is InChI=1S/C20H18ClN3O3S/c1-15-18(21)10-5-11-19(15)24(28(26,27)17-8-3-2-4-9-17)14-20(25)23-16-7-6-12-22-13-16/h2-13H,14H2,1H3,(H,23,25). The Morgan fingerprint density at radius 3 is 2.50 bits per heavy atom. The summed E-state index contributed by atoms with van der Waals surface area (Å²) < 4.78 is 27.6. The van der Waals surface area contributed by atoms with Crippen molar-refractivity contribution in [2.45, 2.75) is 11.8 Å². The Hall–Kier alpha value is -2.90. The number of halogens is 1. The van der Waals surface area contributed by atoms with Gasteiger partial charge in [-0.3, -0.25) is 14.1 Å². The summed E-state index contributed by atoms with van der Waals surface area (Å²) in [6.45, 7) is 1.30. The first-order valence-corrected chi connectivity index (χ1v) is 10.2. The van der Waals surface area contributed by atoms with Gasteiger partial charge in [-0.25, -0.2) is 8.42 Å². The highest BCUT2D eigenvalue weighted by Crippen LogP contribution is 2.30. The molecule has 0 aliphatic carbocycles. The summed E-state index contributed by atoms with van der Waals surface area (Å²) in [6.07, 6.45) is 3.07. The van der Waals surface area contributed by atoms with Crippen molar-refractivity contribution in [2.75, 3.05) is 16.2 Å². The lowest BCUT2D eigenvalue weighted by Gasteiger charge is -2.26. The fraction of sp³-hybridized carbons (Fsp3) is 0.100. The third kappa shape index (κ3) is 4.32. The minimum Gasteiger partial charge on any atom is -0.323 e. The van der Waals surface area contributed by atoms with Crippen LogP contribution in [0.5, 0.6) is 0 Å². The predicted octanol–water partition coefficient (Wildman–Crippen LogP) is 3.88. The van der Waals surface area contributed by atoms with Gasteiger partial charge in [-0.05, 0) is 48.9 Å². The number of sulfonamides is 1. The second-order valence-electron chi connectivity index (χ2n) is 6.00. The van der Waals surface area contributed by atoms with Crippen LogP contribution in [0.25, 0.3) is 0 Å². The van der Waals surface area contributed by atoms with E-state index in [-0.39, 0.29) is 4.90 Å². The normalized spacial score (nSPS) is 11.1. The Bertz CT molecular complexity index is 1070. The van der Waals surface area contributed by atoms with Crippen LogP contribution >= 0.6 is 11.6 Å². The van der Waals surface area contributed by atoms with Crippen molar-refractivity contribution in [2.24, 2.45) is 0 Å². The predicted molar refractivity (Wildman–Crippen MR) is 110 cm³/mol. The molecule has 28 heavy (non-hydrogen) atoms. The molecule has 0 radical (unpaired) electrons. The van der Waals surface area contributed by atoms with Crippen LogP contribution in [-0.2, 0) is 14.8 Å². The van der Waals surface area contributed by atoms with Crippen LogP contribution in [-0.4, -0.2) is 25.9 Å². The van der Waals surface area contributed by atoms with Crippen LogP contribution < -0.4 is 9.62 Å². The molecule has 0 saturated carbocycles. The summed E-state index contributed by atoms with van der Waals surface area (Å²) in [6, 6.07) is 16.3. The molecule has 2 aromatic carbocycles. The van der Waals surface area contributed by atoms with Crippen molar-refractivity contribution in [1.29, 1.82) is 0 Å². The van der Waals surface area contributed by atoms with Crippen LogP contribution in [0.2, 0.25) is 5.02 Å². The molecule has 1 N–H and O–H groups in total. The van der Waals surface area contributed by atoms with Crippen molar-refractivity contribution in [3.63, 3.8) is 0 Å². The van der Waals surface area contributed by atoms with Crippen LogP contribution in [0, 0.1) is 6.92 Å². The monoisotopic (exact) mass is 415 g/mol. The second-order valence-corrected chi connectivity index (χ2v) is 8.27. The molecule has 0 bridgehead atoms. The Kier molecular flexibility index (Phi) is 5.96. The molecule has 0 aliphatic rings. The third-order valence-corrected chi connectivity index (χ3v) is 6.25. The van der Waals surface area contributed by atoms with Gasteiger partial charge in [-0.1, -0.05) is 35.9 Å². The van der Waals surface area contributed by atoms with Crippen molar-refractivity contribution in [1.82, 2.24) is 4.98 Å². The van der Waals surface area contributed by atoms with E-state index in [9.17, 15) is 13.2 Å². The maximum atomic E-state index is 13.3. The van der Waals surface area contributed by atoms with E-state index in [1.807, 2.05) is 0 Å². The zero-order valence-electron chi connectivity index (χ0n) is 15.0.